The highest BCUT2D eigenvalue weighted by atomic mass is 32.2. The minimum atomic E-state index is -4.54. The molecule has 2 aromatic heterocycles. The summed E-state index contributed by atoms with van der Waals surface area (Å²) < 4.78 is 66.2. The second-order valence-corrected chi connectivity index (χ2v) is 6.37. The first-order valence-electron chi connectivity index (χ1n) is 6.39. The van der Waals surface area contributed by atoms with E-state index in [0.717, 1.165) is 19.4 Å². The van der Waals surface area contributed by atoms with Crippen molar-refractivity contribution in [2.75, 3.05) is 12.9 Å². The monoisotopic (exact) mass is 348 g/mol. The molecule has 0 aliphatic rings. The van der Waals surface area contributed by atoms with Crippen LogP contribution in [0.15, 0.2) is 36.8 Å². The molecule has 10 heteroatoms. The van der Waals surface area contributed by atoms with Crippen molar-refractivity contribution in [3.05, 3.63) is 42.5 Å². The largest absolute Gasteiger partial charge is 0.433 e. The summed E-state index contributed by atoms with van der Waals surface area (Å²) >= 11 is 0. The number of pyridine rings is 1. The second kappa shape index (κ2) is 6.59. The van der Waals surface area contributed by atoms with Crippen molar-refractivity contribution in [3.63, 3.8) is 0 Å². The van der Waals surface area contributed by atoms with Crippen LogP contribution < -0.4 is 4.57 Å². The van der Waals surface area contributed by atoms with Crippen molar-refractivity contribution >= 4 is 10.1 Å². The van der Waals surface area contributed by atoms with Crippen molar-refractivity contribution in [1.29, 1.82) is 0 Å². The molecule has 0 atom stereocenters. The van der Waals surface area contributed by atoms with E-state index in [0.29, 0.717) is 5.56 Å². The Hall–Kier alpha value is -2.07. The normalized spacial score (nSPS) is 12.3. The van der Waals surface area contributed by atoms with Crippen LogP contribution in [0.4, 0.5) is 13.2 Å². The van der Waals surface area contributed by atoms with Crippen LogP contribution >= 0.6 is 0 Å². The van der Waals surface area contributed by atoms with Gasteiger partial charge in [0.1, 0.15) is 11.4 Å². The summed E-state index contributed by atoms with van der Waals surface area (Å²) in [5, 5.41) is 0. The third kappa shape index (κ3) is 4.70. The summed E-state index contributed by atoms with van der Waals surface area (Å²) in [4.78, 5) is 7.30. The molecule has 0 N–H and O–H groups in total. The number of rotatable bonds is 5. The van der Waals surface area contributed by atoms with Crippen LogP contribution in [-0.4, -0.2) is 31.2 Å². The molecule has 0 bridgehead atoms. The molecular formula is C13H13F3N3O3S+. The molecule has 0 aliphatic carbocycles. The molecule has 0 radical (unpaired) electrons. The fraction of sp³-hybridized carbons (Fsp3) is 0.308. The van der Waals surface area contributed by atoms with Gasteiger partial charge in [0.2, 0.25) is 0 Å². The summed E-state index contributed by atoms with van der Waals surface area (Å²) in [6, 6.07) is 3.81. The summed E-state index contributed by atoms with van der Waals surface area (Å²) in [7, 11) is -2.50. The van der Waals surface area contributed by atoms with E-state index in [-0.39, 0.29) is 18.1 Å². The number of halogens is 3. The fourth-order valence-electron chi connectivity index (χ4n) is 1.71. The van der Waals surface area contributed by atoms with Crippen LogP contribution in [0.25, 0.3) is 11.4 Å². The van der Waals surface area contributed by atoms with Gasteiger partial charge in [0.05, 0.1) is 7.11 Å². The molecule has 124 valence electrons. The van der Waals surface area contributed by atoms with Gasteiger partial charge < -0.3 is 0 Å². The molecule has 0 spiro atoms. The Morgan fingerprint density at radius 2 is 1.87 bits per heavy atom. The fourth-order valence-corrected chi connectivity index (χ4v) is 2.31. The first-order chi connectivity index (χ1) is 10.7. The van der Waals surface area contributed by atoms with Gasteiger partial charge in [-0.15, -0.1) is 0 Å². The number of hydrogen-bond acceptors (Lipinski definition) is 5. The number of hydrogen-bond donors (Lipinski definition) is 0. The second-order valence-electron chi connectivity index (χ2n) is 4.52. The molecule has 0 saturated heterocycles. The molecular weight excluding hydrogens is 335 g/mol. The molecule has 0 saturated carbocycles. The number of alkyl halides is 3. The Balaban J connectivity index is 2.17. The molecule has 2 rings (SSSR count). The average Bonchev–Trinajstić information content (AvgIpc) is 2.53. The van der Waals surface area contributed by atoms with E-state index in [2.05, 4.69) is 14.2 Å². The molecule has 2 heterocycles. The van der Waals surface area contributed by atoms with E-state index < -0.39 is 22.0 Å². The van der Waals surface area contributed by atoms with Gasteiger partial charge in [0.15, 0.2) is 24.8 Å². The zero-order valence-corrected chi connectivity index (χ0v) is 12.8. The van der Waals surface area contributed by atoms with E-state index in [9.17, 15) is 21.6 Å². The smallest absolute Gasteiger partial charge is 0.273 e. The van der Waals surface area contributed by atoms with E-state index in [1.54, 1.807) is 4.57 Å². The summed E-state index contributed by atoms with van der Waals surface area (Å²) in [5.74, 6) is -0.274. The topological polar surface area (TPSA) is 73.0 Å². The van der Waals surface area contributed by atoms with Gasteiger partial charge in [-0.25, -0.2) is 14.5 Å². The lowest BCUT2D eigenvalue weighted by Gasteiger charge is -2.06. The van der Waals surface area contributed by atoms with Gasteiger partial charge in [0, 0.05) is 23.9 Å². The van der Waals surface area contributed by atoms with Crippen LogP contribution in [0.5, 0.6) is 0 Å². The molecule has 2 aromatic rings. The third-order valence-electron chi connectivity index (χ3n) is 2.95. The van der Waals surface area contributed by atoms with Gasteiger partial charge in [-0.05, 0) is 6.07 Å². The van der Waals surface area contributed by atoms with Crippen LogP contribution in [0, 0.1) is 0 Å². The Labute approximate surface area is 130 Å². The van der Waals surface area contributed by atoms with Crippen molar-refractivity contribution in [2.45, 2.75) is 12.7 Å². The average molecular weight is 348 g/mol. The number of aromatic nitrogens is 3. The van der Waals surface area contributed by atoms with Crippen LogP contribution in [0.2, 0.25) is 0 Å². The predicted octanol–water partition coefficient (Wildman–Crippen LogP) is 1.43. The predicted molar refractivity (Wildman–Crippen MR) is 73.5 cm³/mol. The number of aryl methyl sites for hydroxylation is 1. The van der Waals surface area contributed by atoms with Gasteiger partial charge in [-0.1, -0.05) is 0 Å². The van der Waals surface area contributed by atoms with Gasteiger partial charge in [-0.2, -0.15) is 21.6 Å². The summed E-state index contributed by atoms with van der Waals surface area (Å²) in [6.07, 6.45) is -0.438. The lowest BCUT2D eigenvalue weighted by molar-refractivity contribution is -0.692. The summed E-state index contributed by atoms with van der Waals surface area (Å²) in [6.45, 7) is 0.153. The minimum absolute atomic E-state index is 0.0588. The molecule has 0 aromatic carbocycles. The lowest BCUT2D eigenvalue weighted by atomic mass is 10.2. The Morgan fingerprint density at radius 3 is 2.43 bits per heavy atom. The maximum Gasteiger partial charge on any atom is 0.433 e. The quantitative estimate of drug-likeness (QED) is 0.604. The van der Waals surface area contributed by atoms with Crippen LogP contribution in [0.3, 0.4) is 0 Å². The van der Waals surface area contributed by atoms with Gasteiger partial charge in [0.25, 0.3) is 10.1 Å². The first kappa shape index (κ1) is 17.3. The standard InChI is InChI=1S/C13H13F3N3O3S/c1-22-23(20,21)9-8-19-6-3-10(4-7-19)12-17-5-2-11(18-12)13(14,15)16/h2-7H,8-9H2,1H3/q+1. The van der Waals surface area contributed by atoms with E-state index >= 15 is 0 Å². The highest BCUT2D eigenvalue weighted by Crippen LogP contribution is 2.28. The molecule has 0 unspecified atom stereocenters. The lowest BCUT2D eigenvalue weighted by Crippen LogP contribution is -2.36. The van der Waals surface area contributed by atoms with Gasteiger partial charge >= 0.3 is 6.18 Å². The van der Waals surface area contributed by atoms with Crippen LogP contribution in [-0.2, 0) is 27.0 Å². The zero-order chi connectivity index (χ0) is 17.1. The minimum Gasteiger partial charge on any atom is -0.273 e. The highest BCUT2D eigenvalue weighted by molar-refractivity contribution is 7.86. The Morgan fingerprint density at radius 1 is 1.22 bits per heavy atom. The van der Waals surface area contributed by atoms with Crippen LogP contribution in [0.1, 0.15) is 5.69 Å². The van der Waals surface area contributed by atoms with E-state index in [4.69, 9.17) is 0 Å². The molecule has 0 amide bonds. The number of nitrogens with zero attached hydrogens (tertiary/aromatic N) is 3. The van der Waals surface area contributed by atoms with E-state index in [1.165, 1.54) is 24.5 Å². The summed E-state index contributed by atoms with van der Waals surface area (Å²) in [5.41, 5.74) is -0.632. The van der Waals surface area contributed by atoms with Crippen molar-refractivity contribution < 1.29 is 30.3 Å². The highest BCUT2D eigenvalue weighted by Gasteiger charge is 2.32. The third-order valence-corrected chi connectivity index (χ3v) is 4.14. The van der Waals surface area contributed by atoms with Crippen molar-refractivity contribution in [1.82, 2.24) is 9.97 Å². The maximum absolute atomic E-state index is 12.6. The van der Waals surface area contributed by atoms with Gasteiger partial charge in [-0.3, -0.25) is 4.18 Å². The molecule has 0 fully saturated rings. The molecule has 23 heavy (non-hydrogen) atoms. The molecule has 6 nitrogen and oxygen atoms in total. The molecule has 0 aliphatic heterocycles. The van der Waals surface area contributed by atoms with Crippen molar-refractivity contribution in [2.24, 2.45) is 0 Å². The zero-order valence-electron chi connectivity index (χ0n) is 12.0. The Bertz CT molecular complexity index is 777. The van der Waals surface area contributed by atoms with E-state index in [1.807, 2.05) is 0 Å². The maximum atomic E-state index is 12.6. The first-order valence-corrected chi connectivity index (χ1v) is 7.97. The van der Waals surface area contributed by atoms with Crippen molar-refractivity contribution in [3.8, 4) is 11.4 Å². The SMILES string of the molecule is COS(=O)(=O)CC[n+]1ccc(-c2nccc(C(F)(F)F)n2)cc1. The Kier molecular flexibility index (Phi) is 4.95.